The van der Waals surface area contributed by atoms with Gasteiger partial charge < -0.3 is 9.47 Å². The lowest BCUT2D eigenvalue weighted by atomic mass is 10.1. The van der Waals surface area contributed by atoms with Gasteiger partial charge in [0, 0.05) is 0 Å². The number of rotatable bonds is 2. The minimum absolute atomic E-state index is 0.317. The Balaban J connectivity index is 5.01. The number of esters is 2. The second-order valence-electron chi connectivity index (χ2n) is 3.61. The maximum atomic E-state index is 11.1. The molecule has 0 unspecified atom stereocenters. The van der Waals surface area contributed by atoms with Crippen LogP contribution in [0.4, 0.5) is 0 Å². The lowest BCUT2D eigenvalue weighted by Crippen LogP contribution is -2.30. The summed E-state index contributed by atoms with van der Waals surface area (Å²) >= 11 is 0. The summed E-state index contributed by atoms with van der Waals surface area (Å²) in [6.07, 6.45) is 0. The molecule has 0 aromatic carbocycles. The summed E-state index contributed by atoms with van der Waals surface area (Å²) in [5.41, 5.74) is -0.847. The number of carbonyl (C=O) groups excluding carboxylic acids is 2. The van der Waals surface area contributed by atoms with Gasteiger partial charge in [0.05, 0.1) is 19.8 Å². The molecule has 80 valence electrons. The summed E-state index contributed by atoms with van der Waals surface area (Å²) in [7, 11) is 2.37. The summed E-state index contributed by atoms with van der Waals surface area (Å²) in [6.45, 7) is 5.29. The topological polar surface area (TPSA) is 65.0 Å². The SMILES string of the molecule is COC(=O)C(=NC(C)(C)C)C(=O)OC. The van der Waals surface area contributed by atoms with E-state index < -0.39 is 17.5 Å². The van der Waals surface area contributed by atoms with Crippen LogP contribution in [-0.4, -0.2) is 37.4 Å². The maximum Gasteiger partial charge on any atom is 0.363 e. The van der Waals surface area contributed by atoms with Gasteiger partial charge in [-0.3, -0.25) is 4.99 Å². The molecule has 0 amide bonds. The molecule has 0 radical (unpaired) electrons. The standard InChI is InChI=1S/C9H15NO4/c1-9(2,3)10-6(7(11)13-4)8(12)14-5/h1-5H3. The normalized spacial score (nSPS) is 10.4. The predicted octanol–water partition coefficient (Wildman–Crippen LogP) is 0.572. The van der Waals surface area contributed by atoms with Crippen molar-refractivity contribution in [3.05, 3.63) is 0 Å². The van der Waals surface area contributed by atoms with Crippen LogP contribution in [-0.2, 0) is 19.1 Å². The van der Waals surface area contributed by atoms with Gasteiger partial charge in [-0.15, -0.1) is 0 Å². The molecule has 0 N–H and O–H groups in total. The minimum atomic E-state index is -0.785. The van der Waals surface area contributed by atoms with E-state index in [1.807, 2.05) is 0 Å². The molecule has 14 heavy (non-hydrogen) atoms. The number of methoxy groups -OCH3 is 2. The van der Waals surface area contributed by atoms with E-state index in [9.17, 15) is 9.59 Å². The number of nitrogens with zero attached hydrogens (tertiary/aromatic N) is 1. The van der Waals surface area contributed by atoms with Gasteiger partial charge in [0.2, 0.25) is 5.71 Å². The summed E-state index contributed by atoms with van der Waals surface area (Å²) in [4.78, 5) is 26.2. The zero-order chi connectivity index (χ0) is 11.4. The Kier molecular flexibility index (Phi) is 4.27. The fraction of sp³-hybridized carbons (Fsp3) is 0.667. The fourth-order valence-electron chi connectivity index (χ4n) is 0.703. The number of carbonyl (C=O) groups is 2. The molecular formula is C9H15NO4. The number of hydrogen-bond acceptors (Lipinski definition) is 5. The Labute approximate surface area is 83.1 Å². The second kappa shape index (κ2) is 4.74. The van der Waals surface area contributed by atoms with E-state index in [0.29, 0.717) is 0 Å². The molecule has 5 heteroatoms. The highest BCUT2D eigenvalue weighted by Gasteiger charge is 2.24. The highest BCUT2D eigenvalue weighted by Crippen LogP contribution is 2.07. The second-order valence-corrected chi connectivity index (χ2v) is 3.61. The molecule has 0 heterocycles. The monoisotopic (exact) mass is 201 g/mol. The van der Waals surface area contributed by atoms with Crippen molar-refractivity contribution in [1.29, 1.82) is 0 Å². The van der Waals surface area contributed by atoms with Crippen LogP contribution in [0.1, 0.15) is 20.8 Å². The van der Waals surface area contributed by atoms with E-state index >= 15 is 0 Å². The Morgan fingerprint density at radius 1 is 1.00 bits per heavy atom. The van der Waals surface area contributed by atoms with Gasteiger partial charge in [0.1, 0.15) is 0 Å². The van der Waals surface area contributed by atoms with Gasteiger partial charge in [-0.2, -0.15) is 0 Å². The number of hydrogen-bond donors (Lipinski definition) is 0. The zero-order valence-electron chi connectivity index (χ0n) is 9.08. The molecule has 0 saturated heterocycles. The third-order valence-corrected chi connectivity index (χ3v) is 1.20. The molecule has 0 atom stereocenters. The van der Waals surface area contributed by atoms with Crippen molar-refractivity contribution in [2.45, 2.75) is 26.3 Å². The summed E-state index contributed by atoms with van der Waals surface area (Å²) in [5.74, 6) is -1.57. The molecule has 0 fully saturated rings. The van der Waals surface area contributed by atoms with E-state index in [4.69, 9.17) is 0 Å². The summed E-state index contributed by atoms with van der Waals surface area (Å²) < 4.78 is 8.82. The van der Waals surface area contributed by atoms with Crippen molar-refractivity contribution >= 4 is 17.7 Å². The first-order chi connectivity index (χ1) is 6.31. The molecule has 0 spiro atoms. The third-order valence-electron chi connectivity index (χ3n) is 1.20. The predicted molar refractivity (Wildman–Crippen MR) is 51.2 cm³/mol. The molecule has 5 nitrogen and oxygen atoms in total. The van der Waals surface area contributed by atoms with Crippen LogP contribution in [0.2, 0.25) is 0 Å². The average Bonchev–Trinajstić information content (AvgIpc) is 2.10. The van der Waals surface area contributed by atoms with Gasteiger partial charge in [-0.05, 0) is 20.8 Å². The van der Waals surface area contributed by atoms with E-state index in [-0.39, 0.29) is 5.71 Å². The van der Waals surface area contributed by atoms with Crippen molar-refractivity contribution in [2.24, 2.45) is 4.99 Å². The zero-order valence-corrected chi connectivity index (χ0v) is 9.08. The molecule has 0 saturated carbocycles. The van der Waals surface area contributed by atoms with Crippen LogP contribution in [0, 0.1) is 0 Å². The van der Waals surface area contributed by atoms with Crippen LogP contribution in [0.3, 0.4) is 0 Å². The molecule has 0 aliphatic carbocycles. The van der Waals surface area contributed by atoms with Gasteiger partial charge in [0.15, 0.2) is 0 Å². The smallest absolute Gasteiger partial charge is 0.363 e. The Bertz CT molecular complexity index is 244. The van der Waals surface area contributed by atoms with Crippen molar-refractivity contribution < 1.29 is 19.1 Å². The Hall–Kier alpha value is -1.39. The molecule has 0 aromatic rings. The van der Waals surface area contributed by atoms with Gasteiger partial charge in [-0.25, -0.2) is 9.59 Å². The molecule has 0 bridgehead atoms. The first-order valence-corrected chi connectivity index (χ1v) is 4.08. The summed E-state index contributed by atoms with van der Waals surface area (Å²) in [6, 6.07) is 0. The van der Waals surface area contributed by atoms with Crippen molar-refractivity contribution in [3.63, 3.8) is 0 Å². The van der Waals surface area contributed by atoms with Crippen LogP contribution < -0.4 is 0 Å². The highest BCUT2D eigenvalue weighted by molar-refractivity contribution is 6.62. The minimum Gasteiger partial charge on any atom is -0.464 e. The maximum absolute atomic E-state index is 11.1. The molecular weight excluding hydrogens is 186 g/mol. The van der Waals surface area contributed by atoms with Crippen molar-refractivity contribution in [1.82, 2.24) is 0 Å². The van der Waals surface area contributed by atoms with E-state index in [0.717, 1.165) is 0 Å². The lowest BCUT2D eigenvalue weighted by molar-refractivity contribution is -0.138. The third kappa shape index (κ3) is 4.02. The molecule has 0 aliphatic heterocycles. The average molecular weight is 201 g/mol. The molecule has 0 aromatic heterocycles. The van der Waals surface area contributed by atoms with Gasteiger partial charge >= 0.3 is 11.9 Å². The first-order valence-electron chi connectivity index (χ1n) is 4.08. The van der Waals surface area contributed by atoms with Crippen LogP contribution in [0.15, 0.2) is 4.99 Å². The number of aliphatic imine (C=N–C) groups is 1. The number of ether oxygens (including phenoxy) is 2. The Morgan fingerprint density at radius 3 is 1.57 bits per heavy atom. The quantitative estimate of drug-likeness (QED) is 0.372. The van der Waals surface area contributed by atoms with Crippen LogP contribution in [0.5, 0.6) is 0 Å². The van der Waals surface area contributed by atoms with E-state index in [2.05, 4.69) is 14.5 Å². The lowest BCUT2D eigenvalue weighted by Gasteiger charge is -2.13. The fourth-order valence-corrected chi connectivity index (χ4v) is 0.703. The van der Waals surface area contributed by atoms with Gasteiger partial charge in [-0.1, -0.05) is 0 Å². The highest BCUT2D eigenvalue weighted by atomic mass is 16.5. The van der Waals surface area contributed by atoms with E-state index in [1.165, 1.54) is 14.2 Å². The summed E-state index contributed by atoms with van der Waals surface area (Å²) in [5, 5.41) is 0. The molecule has 0 aliphatic rings. The largest absolute Gasteiger partial charge is 0.464 e. The first kappa shape index (κ1) is 12.6. The Morgan fingerprint density at radius 2 is 1.36 bits per heavy atom. The van der Waals surface area contributed by atoms with Crippen molar-refractivity contribution in [3.8, 4) is 0 Å². The van der Waals surface area contributed by atoms with Crippen LogP contribution >= 0.6 is 0 Å². The van der Waals surface area contributed by atoms with E-state index in [1.54, 1.807) is 20.8 Å². The van der Waals surface area contributed by atoms with Crippen LogP contribution in [0.25, 0.3) is 0 Å². The molecule has 0 rings (SSSR count). The van der Waals surface area contributed by atoms with Gasteiger partial charge in [0.25, 0.3) is 0 Å². The van der Waals surface area contributed by atoms with Crippen molar-refractivity contribution in [2.75, 3.05) is 14.2 Å².